The lowest BCUT2D eigenvalue weighted by Crippen LogP contribution is -2.41. The van der Waals surface area contributed by atoms with Crippen LogP contribution in [0.2, 0.25) is 10.0 Å². The molecule has 0 radical (unpaired) electrons. The summed E-state index contributed by atoms with van der Waals surface area (Å²) in [5, 5.41) is 9.35. The third-order valence-corrected chi connectivity index (χ3v) is 7.32. The highest BCUT2D eigenvalue weighted by Crippen LogP contribution is 2.44. The van der Waals surface area contributed by atoms with E-state index in [4.69, 9.17) is 23.2 Å². The number of imidazole rings is 1. The molecule has 4 aromatic rings. The topological polar surface area (TPSA) is 142 Å². The van der Waals surface area contributed by atoms with Crippen molar-refractivity contribution in [3.63, 3.8) is 0 Å². The molecule has 37 heavy (non-hydrogen) atoms. The Balaban J connectivity index is 1.60. The molecule has 0 bridgehead atoms. The summed E-state index contributed by atoms with van der Waals surface area (Å²) in [6.07, 6.45) is 3.87. The molecular formula is C24H16Cl2N6O4S. The predicted octanol–water partition coefficient (Wildman–Crippen LogP) is 4.40. The lowest BCUT2D eigenvalue weighted by Gasteiger charge is -2.26. The molecule has 1 N–H and O–H groups in total. The van der Waals surface area contributed by atoms with Crippen LogP contribution in [0.25, 0.3) is 11.1 Å². The molecule has 0 spiro atoms. The molecule has 1 amide bonds. The SMILES string of the molecule is C[C@@]1(Cc2ccc(-c3cncnc3C#N)cc2)C(=O)N(c2cc(Cl)cc(Cl)c2)c2ncc(S(=O)(=O)O)n21. The van der Waals surface area contributed by atoms with Crippen molar-refractivity contribution in [1.29, 1.82) is 5.26 Å². The molecule has 10 nitrogen and oxygen atoms in total. The van der Waals surface area contributed by atoms with Crippen LogP contribution in [0.15, 0.2) is 66.2 Å². The zero-order chi connectivity index (χ0) is 26.5. The molecule has 0 fully saturated rings. The van der Waals surface area contributed by atoms with Gasteiger partial charge < -0.3 is 0 Å². The summed E-state index contributed by atoms with van der Waals surface area (Å²) in [4.78, 5) is 27.2. The Morgan fingerprint density at radius 1 is 1.08 bits per heavy atom. The van der Waals surface area contributed by atoms with E-state index < -0.39 is 26.6 Å². The van der Waals surface area contributed by atoms with Crippen LogP contribution in [0.5, 0.6) is 0 Å². The van der Waals surface area contributed by atoms with Gasteiger partial charge in [-0.1, -0.05) is 47.5 Å². The number of amides is 1. The zero-order valence-corrected chi connectivity index (χ0v) is 21.3. The Morgan fingerprint density at radius 3 is 2.38 bits per heavy atom. The summed E-state index contributed by atoms with van der Waals surface area (Å²) >= 11 is 12.3. The highest BCUT2D eigenvalue weighted by molar-refractivity contribution is 7.85. The third kappa shape index (κ3) is 4.24. The molecular weight excluding hydrogens is 539 g/mol. The van der Waals surface area contributed by atoms with E-state index in [-0.39, 0.29) is 28.1 Å². The lowest BCUT2D eigenvalue weighted by atomic mass is 9.91. The Kier molecular flexibility index (Phi) is 6.00. The fraction of sp³-hybridized carbons (Fsp3) is 0.125. The number of anilines is 2. The van der Waals surface area contributed by atoms with Crippen LogP contribution in [-0.2, 0) is 26.9 Å². The van der Waals surface area contributed by atoms with E-state index >= 15 is 0 Å². The minimum Gasteiger partial charge on any atom is -0.283 e. The van der Waals surface area contributed by atoms with Crippen LogP contribution < -0.4 is 4.90 Å². The first-order chi connectivity index (χ1) is 17.5. The molecule has 3 heterocycles. The molecule has 2 aromatic heterocycles. The van der Waals surface area contributed by atoms with Crippen LogP contribution >= 0.6 is 23.2 Å². The number of rotatable bonds is 5. The summed E-state index contributed by atoms with van der Waals surface area (Å²) in [6.45, 7) is 1.56. The Bertz CT molecular complexity index is 1700. The molecule has 13 heteroatoms. The maximum atomic E-state index is 13.9. The van der Waals surface area contributed by atoms with Crippen molar-refractivity contribution >= 4 is 50.9 Å². The van der Waals surface area contributed by atoms with Crippen LogP contribution in [0.1, 0.15) is 18.2 Å². The molecule has 1 aliphatic rings. The second kappa shape index (κ2) is 8.93. The van der Waals surface area contributed by atoms with E-state index in [0.717, 1.165) is 6.20 Å². The van der Waals surface area contributed by atoms with Crippen molar-refractivity contribution in [2.24, 2.45) is 0 Å². The zero-order valence-electron chi connectivity index (χ0n) is 19.0. The monoisotopic (exact) mass is 554 g/mol. The van der Waals surface area contributed by atoms with Gasteiger partial charge in [-0.2, -0.15) is 13.7 Å². The molecule has 1 atom stereocenters. The largest absolute Gasteiger partial charge is 0.312 e. The van der Waals surface area contributed by atoms with Crippen LogP contribution in [0, 0.1) is 11.3 Å². The third-order valence-electron chi connectivity index (χ3n) is 6.07. The quantitative estimate of drug-likeness (QED) is 0.357. The second-order valence-electron chi connectivity index (χ2n) is 8.52. The van der Waals surface area contributed by atoms with E-state index in [1.165, 1.54) is 40.2 Å². The number of halogens is 2. The summed E-state index contributed by atoms with van der Waals surface area (Å²) in [7, 11) is -4.72. The van der Waals surface area contributed by atoms with E-state index in [1.54, 1.807) is 31.2 Å². The number of benzene rings is 2. The van der Waals surface area contributed by atoms with Gasteiger partial charge in [0.2, 0.25) is 5.95 Å². The minimum atomic E-state index is -4.72. The summed E-state index contributed by atoms with van der Waals surface area (Å²) in [6, 6.07) is 13.6. The molecule has 5 rings (SSSR count). The maximum absolute atomic E-state index is 13.9. The van der Waals surface area contributed by atoms with Gasteiger partial charge in [0.1, 0.15) is 17.9 Å². The normalized spacial score (nSPS) is 17.1. The Hall–Kier alpha value is -3.82. The smallest absolute Gasteiger partial charge is 0.283 e. The van der Waals surface area contributed by atoms with Gasteiger partial charge in [0.15, 0.2) is 10.7 Å². The standard InChI is InChI=1S/C24H16Cl2N6O4S/c1-24(9-14-2-4-15(5-3-14)19-11-28-13-30-20(19)10-27)22(33)31(18-7-16(25)6-17(26)8-18)23-29-12-21(32(23)24)37(34,35)36/h2-8,11-13H,9H2,1H3,(H,34,35,36)/t24-/m1/s1. The van der Waals surface area contributed by atoms with Gasteiger partial charge in [0.05, 0.1) is 11.9 Å². The van der Waals surface area contributed by atoms with Crippen LogP contribution in [-0.4, -0.2) is 38.4 Å². The van der Waals surface area contributed by atoms with E-state index in [0.29, 0.717) is 22.4 Å². The molecule has 2 aromatic carbocycles. The molecule has 0 aliphatic carbocycles. The van der Waals surface area contributed by atoms with Crippen LogP contribution in [0.3, 0.4) is 0 Å². The average molecular weight is 555 g/mol. The maximum Gasteiger partial charge on any atom is 0.312 e. The van der Waals surface area contributed by atoms with Gasteiger partial charge in [-0.25, -0.2) is 19.9 Å². The number of nitriles is 1. The van der Waals surface area contributed by atoms with Gasteiger partial charge in [0.25, 0.3) is 5.91 Å². The van der Waals surface area contributed by atoms with Gasteiger partial charge in [0, 0.05) is 28.2 Å². The number of aromatic nitrogens is 4. The molecule has 0 unspecified atom stereocenters. The van der Waals surface area contributed by atoms with Crippen molar-refractivity contribution in [3.8, 4) is 17.2 Å². The average Bonchev–Trinajstić information content (AvgIpc) is 3.37. The first kappa shape index (κ1) is 24.9. The van der Waals surface area contributed by atoms with E-state index in [1.807, 2.05) is 6.07 Å². The van der Waals surface area contributed by atoms with Crippen molar-refractivity contribution in [3.05, 3.63) is 82.5 Å². The van der Waals surface area contributed by atoms with E-state index in [9.17, 15) is 23.0 Å². The molecule has 186 valence electrons. The van der Waals surface area contributed by atoms with Gasteiger partial charge in [-0.15, -0.1) is 0 Å². The lowest BCUT2D eigenvalue weighted by molar-refractivity contribution is -0.124. The predicted molar refractivity (Wildman–Crippen MR) is 135 cm³/mol. The Labute approximate surface area is 221 Å². The van der Waals surface area contributed by atoms with Crippen molar-refractivity contribution in [2.45, 2.75) is 23.9 Å². The highest BCUT2D eigenvalue weighted by atomic mass is 35.5. The summed E-state index contributed by atoms with van der Waals surface area (Å²) in [5.41, 5.74) is 0.957. The van der Waals surface area contributed by atoms with Gasteiger partial charge in [-0.3, -0.25) is 13.9 Å². The second-order valence-corrected chi connectivity index (χ2v) is 10.8. The fourth-order valence-corrected chi connectivity index (χ4v) is 5.66. The van der Waals surface area contributed by atoms with Crippen molar-refractivity contribution in [2.75, 3.05) is 4.90 Å². The number of hydrogen-bond acceptors (Lipinski definition) is 7. The van der Waals surface area contributed by atoms with Crippen LogP contribution in [0.4, 0.5) is 11.6 Å². The van der Waals surface area contributed by atoms with E-state index in [2.05, 4.69) is 15.0 Å². The number of hydrogen-bond donors (Lipinski definition) is 1. The van der Waals surface area contributed by atoms with Gasteiger partial charge >= 0.3 is 10.1 Å². The molecule has 0 saturated heterocycles. The number of nitrogens with zero attached hydrogens (tertiary/aromatic N) is 6. The molecule has 1 aliphatic heterocycles. The van der Waals surface area contributed by atoms with Crippen molar-refractivity contribution in [1.82, 2.24) is 19.5 Å². The van der Waals surface area contributed by atoms with Crippen molar-refractivity contribution < 1.29 is 17.8 Å². The van der Waals surface area contributed by atoms with Gasteiger partial charge in [-0.05, 0) is 36.2 Å². The first-order valence-corrected chi connectivity index (χ1v) is 12.9. The highest BCUT2D eigenvalue weighted by Gasteiger charge is 2.51. The fourth-order valence-electron chi connectivity index (χ4n) is 4.44. The minimum absolute atomic E-state index is 0.00447. The first-order valence-electron chi connectivity index (χ1n) is 10.7. The molecule has 0 saturated carbocycles. The Morgan fingerprint density at radius 2 is 1.76 bits per heavy atom. The number of carbonyl (C=O) groups excluding carboxylic acids is 1. The number of fused-ring (bicyclic) bond motifs is 1. The number of carbonyl (C=O) groups is 1. The summed E-state index contributed by atoms with van der Waals surface area (Å²) in [5.74, 6) is -0.499. The summed E-state index contributed by atoms with van der Waals surface area (Å²) < 4.78 is 35.5.